The van der Waals surface area contributed by atoms with Gasteiger partial charge in [-0.3, -0.25) is 4.79 Å². The molecule has 0 saturated heterocycles. The first-order chi connectivity index (χ1) is 7.13. The molecule has 4 heteroatoms. The maximum absolute atomic E-state index is 11.4. The second kappa shape index (κ2) is 5.58. The van der Waals surface area contributed by atoms with Crippen LogP contribution in [0.3, 0.4) is 0 Å². The molecule has 2 atom stereocenters. The Labute approximate surface area is 90.9 Å². The highest BCUT2D eigenvalue weighted by Crippen LogP contribution is 2.30. The molecule has 4 nitrogen and oxygen atoms in total. The second-order valence-electron chi connectivity index (χ2n) is 4.03. The van der Waals surface area contributed by atoms with Gasteiger partial charge in [0, 0.05) is 27.2 Å². The van der Waals surface area contributed by atoms with Crippen molar-refractivity contribution in [1.82, 2.24) is 0 Å². The Morgan fingerprint density at radius 3 is 1.73 bits per heavy atom. The van der Waals surface area contributed by atoms with Gasteiger partial charge in [-0.05, 0) is 19.8 Å². The van der Waals surface area contributed by atoms with Crippen LogP contribution >= 0.6 is 0 Å². The van der Waals surface area contributed by atoms with Gasteiger partial charge in [0.15, 0.2) is 0 Å². The van der Waals surface area contributed by atoms with E-state index in [4.69, 9.17) is 14.2 Å². The fourth-order valence-corrected chi connectivity index (χ4v) is 2.26. The fourth-order valence-electron chi connectivity index (χ4n) is 2.26. The number of rotatable bonds is 4. The Kier molecular flexibility index (Phi) is 4.70. The van der Waals surface area contributed by atoms with E-state index in [0.29, 0.717) is 0 Å². The smallest absolute Gasteiger partial charge is 0.133 e. The fraction of sp³-hybridized carbons (Fsp3) is 0.909. The second-order valence-corrected chi connectivity index (χ2v) is 4.03. The Hall–Kier alpha value is -0.450. The van der Waals surface area contributed by atoms with Gasteiger partial charge in [0.25, 0.3) is 0 Å². The number of ether oxygens (including phenoxy) is 3. The predicted molar refractivity (Wildman–Crippen MR) is 55.8 cm³/mol. The average molecular weight is 216 g/mol. The Balaban J connectivity index is 2.73. The summed E-state index contributed by atoms with van der Waals surface area (Å²) in [5, 5.41) is 0. The van der Waals surface area contributed by atoms with Crippen LogP contribution in [0.1, 0.15) is 19.8 Å². The standard InChI is InChI=1S/C11H20O4/c1-7(12)8-5-9(13-2)11(15-4)10(6-8)14-3/h8-11H,5-6H2,1-4H3. The first-order valence-electron chi connectivity index (χ1n) is 5.22. The summed E-state index contributed by atoms with van der Waals surface area (Å²) in [6, 6.07) is 0. The number of ketones is 1. The van der Waals surface area contributed by atoms with Gasteiger partial charge in [-0.2, -0.15) is 0 Å². The lowest BCUT2D eigenvalue weighted by atomic mass is 9.81. The Bertz CT molecular complexity index is 203. The van der Waals surface area contributed by atoms with E-state index in [1.807, 2.05) is 0 Å². The Morgan fingerprint density at radius 1 is 1.00 bits per heavy atom. The predicted octanol–water partition coefficient (Wildman–Crippen LogP) is 1.03. The van der Waals surface area contributed by atoms with Crippen molar-refractivity contribution in [1.29, 1.82) is 0 Å². The summed E-state index contributed by atoms with van der Waals surface area (Å²) in [6.07, 6.45) is 1.27. The van der Waals surface area contributed by atoms with E-state index in [0.717, 1.165) is 12.8 Å². The number of hydrogen-bond donors (Lipinski definition) is 0. The number of methoxy groups -OCH3 is 3. The molecule has 0 aromatic heterocycles. The van der Waals surface area contributed by atoms with Gasteiger partial charge in [0.05, 0.1) is 12.2 Å². The number of carbonyl (C=O) groups is 1. The largest absolute Gasteiger partial charge is 0.379 e. The SMILES string of the molecule is COC1CC(C(C)=O)CC(OC)C1OC. The van der Waals surface area contributed by atoms with Crippen LogP contribution in [0.5, 0.6) is 0 Å². The van der Waals surface area contributed by atoms with Crippen molar-refractivity contribution in [3.8, 4) is 0 Å². The third kappa shape index (κ3) is 2.77. The molecule has 1 aliphatic rings. The zero-order chi connectivity index (χ0) is 11.4. The molecule has 1 saturated carbocycles. The number of Topliss-reactive ketones (excluding diaryl/α,β-unsaturated/α-hetero) is 1. The minimum absolute atomic E-state index is 0.0336. The molecule has 0 amide bonds. The number of carbonyl (C=O) groups excluding carboxylic acids is 1. The molecule has 0 aliphatic heterocycles. The molecule has 0 bridgehead atoms. The summed E-state index contributed by atoms with van der Waals surface area (Å²) in [6.45, 7) is 1.62. The highest BCUT2D eigenvalue weighted by molar-refractivity contribution is 5.78. The molecule has 0 N–H and O–H groups in total. The molecule has 0 aromatic carbocycles. The molecular formula is C11H20O4. The molecule has 0 aromatic rings. The Morgan fingerprint density at radius 2 is 1.47 bits per heavy atom. The van der Waals surface area contributed by atoms with E-state index < -0.39 is 0 Å². The minimum atomic E-state index is -0.0735. The van der Waals surface area contributed by atoms with Crippen LogP contribution in [-0.2, 0) is 19.0 Å². The summed E-state index contributed by atoms with van der Waals surface area (Å²) >= 11 is 0. The molecule has 2 unspecified atom stereocenters. The summed E-state index contributed by atoms with van der Waals surface area (Å²) in [7, 11) is 4.94. The first-order valence-corrected chi connectivity index (χ1v) is 5.22. The lowest BCUT2D eigenvalue weighted by Crippen LogP contribution is -2.48. The van der Waals surface area contributed by atoms with Gasteiger partial charge in [-0.15, -0.1) is 0 Å². The van der Waals surface area contributed by atoms with Crippen molar-refractivity contribution < 1.29 is 19.0 Å². The topological polar surface area (TPSA) is 44.8 Å². The highest BCUT2D eigenvalue weighted by Gasteiger charge is 2.39. The maximum Gasteiger partial charge on any atom is 0.133 e. The van der Waals surface area contributed by atoms with E-state index in [-0.39, 0.29) is 30.0 Å². The zero-order valence-corrected chi connectivity index (χ0v) is 9.86. The van der Waals surface area contributed by atoms with Crippen LogP contribution < -0.4 is 0 Å². The van der Waals surface area contributed by atoms with Gasteiger partial charge in [0.2, 0.25) is 0 Å². The maximum atomic E-state index is 11.4. The average Bonchev–Trinajstić information content (AvgIpc) is 2.26. The molecule has 88 valence electrons. The normalized spacial score (nSPS) is 36.5. The first kappa shape index (κ1) is 12.6. The molecule has 1 rings (SSSR count). The number of hydrogen-bond acceptors (Lipinski definition) is 4. The van der Waals surface area contributed by atoms with Crippen molar-refractivity contribution in [3.05, 3.63) is 0 Å². The molecule has 1 aliphatic carbocycles. The van der Waals surface area contributed by atoms with Crippen LogP contribution in [0.4, 0.5) is 0 Å². The van der Waals surface area contributed by atoms with Crippen LogP contribution in [-0.4, -0.2) is 45.4 Å². The van der Waals surface area contributed by atoms with E-state index in [1.54, 1.807) is 28.3 Å². The summed E-state index contributed by atoms with van der Waals surface area (Å²) in [5.41, 5.74) is 0. The van der Waals surface area contributed by atoms with E-state index >= 15 is 0 Å². The van der Waals surface area contributed by atoms with E-state index in [1.165, 1.54) is 0 Å². The highest BCUT2D eigenvalue weighted by atomic mass is 16.6. The quantitative estimate of drug-likeness (QED) is 0.704. The van der Waals surface area contributed by atoms with Gasteiger partial charge in [-0.1, -0.05) is 0 Å². The molecular weight excluding hydrogens is 196 g/mol. The van der Waals surface area contributed by atoms with E-state index in [9.17, 15) is 4.79 Å². The summed E-state index contributed by atoms with van der Waals surface area (Å²) in [4.78, 5) is 11.4. The van der Waals surface area contributed by atoms with Crippen LogP contribution in [0.15, 0.2) is 0 Å². The van der Waals surface area contributed by atoms with Gasteiger partial charge < -0.3 is 14.2 Å². The monoisotopic (exact) mass is 216 g/mol. The van der Waals surface area contributed by atoms with Crippen molar-refractivity contribution in [2.24, 2.45) is 5.92 Å². The van der Waals surface area contributed by atoms with Crippen LogP contribution in [0.2, 0.25) is 0 Å². The lowest BCUT2D eigenvalue weighted by Gasteiger charge is -2.38. The van der Waals surface area contributed by atoms with Crippen LogP contribution in [0, 0.1) is 5.92 Å². The third-order valence-electron chi connectivity index (χ3n) is 3.22. The third-order valence-corrected chi connectivity index (χ3v) is 3.22. The summed E-state index contributed by atoms with van der Waals surface area (Å²) in [5.74, 6) is 0.236. The zero-order valence-electron chi connectivity index (χ0n) is 9.86. The van der Waals surface area contributed by atoms with Crippen molar-refractivity contribution >= 4 is 5.78 Å². The van der Waals surface area contributed by atoms with Crippen molar-refractivity contribution in [2.75, 3.05) is 21.3 Å². The van der Waals surface area contributed by atoms with E-state index in [2.05, 4.69) is 0 Å². The molecule has 0 spiro atoms. The van der Waals surface area contributed by atoms with Gasteiger partial charge >= 0.3 is 0 Å². The molecule has 0 radical (unpaired) electrons. The molecule has 0 heterocycles. The van der Waals surface area contributed by atoms with Crippen LogP contribution in [0.25, 0.3) is 0 Å². The lowest BCUT2D eigenvalue weighted by molar-refractivity contribution is -0.150. The van der Waals surface area contributed by atoms with Gasteiger partial charge in [-0.25, -0.2) is 0 Å². The van der Waals surface area contributed by atoms with Crippen molar-refractivity contribution in [3.63, 3.8) is 0 Å². The van der Waals surface area contributed by atoms with Crippen molar-refractivity contribution in [2.45, 2.75) is 38.1 Å². The molecule has 15 heavy (non-hydrogen) atoms. The molecule has 1 fully saturated rings. The minimum Gasteiger partial charge on any atom is -0.379 e. The summed E-state index contributed by atoms with van der Waals surface area (Å²) < 4.78 is 16.1. The van der Waals surface area contributed by atoms with Gasteiger partial charge in [0.1, 0.15) is 11.9 Å².